The van der Waals surface area contributed by atoms with E-state index in [2.05, 4.69) is 25.4 Å². The van der Waals surface area contributed by atoms with Crippen LogP contribution in [0.3, 0.4) is 0 Å². The lowest BCUT2D eigenvalue weighted by Gasteiger charge is -1.98. The summed E-state index contributed by atoms with van der Waals surface area (Å²) in [7, 11) is 0. The maximum Gasteiger partial charge on any atom is 0.253 e. The van der Waals surface area contributed by atoms with Gasteiger partial charge in [-0.15, -0.1) is 5.10 Å². The summed E-state index contributed by atoms with van der Waals surface area (Å²) in [6, 6.07) is 3.66. The molecule has 0 aliphatic heterocycles. The van der Waals surface area contributed by atoms with Crippen molar-refractivity contribution in [2.75, 3.05) is 5.32 Å². The van der Waals surface area contributed by atoms with E-state index in [1.165, 1.54) is 4.52 Å². The fourth-order valence-electron chi connectivity index (χ4n) is 2.21. The van der Waals surface area contributed by atoms with Crippen LogP contribution in [0.2, 0.25) is 0 Å². The Labute approximate surface area is 140 Å². The van der Waals surface area contributed by atoms with Gasteiger partial charge in [-0.05, 0) is 24.4 Å². The molecule has 0 aliphatic carbocycles. The molecular weight excluding hydrogens is 328 g/mol. The maximum atomic E-state index is 12.2. The van der Waals surface area contributed by atoms with Crippen LogP contribution < -0.4 is 5.32 Å². The number of anilines is 1. The van der Waals surface area contributed by atoms with Gasteiger partial charge in [0.25, 0.3) is 11.7 Å². The van der Waals surface area contributed by atoms with E-state index >= 15 is 0 Å². The first-order valence-corrected chi connectivity index (χ1v) is 8.09. The van der Waals surface area contributed by atoms with Crippen LogP contribution in [0, 0.1) is 6.92 Å². The Kier molecular flexibility index (Phi) is 3.54. The first-order valence-electron chi connectivity index (χ1n) is 7.15. The summed E-state index contributed by atoms with van der Waals surface area (Å²) in [5.41, 5.74) is 1.50. The second-order valence-electron chi connectivity index (χ2n) is 5.06. The SMILES string of the molecule is Cc1oc(-c2ccsc2)nc1CC(=O)Nc1nc2ncccn2n1. The van der Waals surface area contributed by atoms with Crippen LogP contribution in [0.5, 0.6) is 0 Å². The van der Waals surface area contributed by atoms with E-state index in [0.29, 0.717) is 23.1 Å². The molecule has 24 heavy (non-hydrogen) atoms. The predicted molar refractivity (Wildman–Crippen MR) is 87.7 cm³/mol. The summed E-state index contributed by atoms with van der Waals surface area (Å²) in [5.74, 6) is 1.50. The van der Waals surface area contributed by atoms with Crippen molar-refractivity contribution in [3.8, 4) is 11.5 Å². The van der Waals surface area contributed by atoms with Gasteiger partial charge in [-0.1, -0.05) is 0 Å². The minimum absolute atomic E-state index is 0.0858. The standard InChI is InChI=1S/C15H12N6O2S/c1-9-11(17-13(23-9)10-3-6-24-8-10)7-12(22)18-14-19-15-16-4-2-5-21(15)20-14/h2-6,8H,7H2,1H3,(H,18,20,22). The largest absolute Gasteiger partial charge is 0.441 e. The number of amides is 1. The molecule has 0 saturated carbocycles. The van der Waals surface area contributed by atoms with E-state index in [-0.39, 0.29) is 18.3 Å². The number of rotatable bonds is 4. The molecule has 0 radical (unpaired) electrons. The monoisotopic (exact) mass is 340 g/mol. The van der Waals surface area contributed by atoms with Gasteiger partial charge in [0.1, 0.15) is 5.76 Å². The Morgan fingerprint density at radius 2 is 2.33 bits per heavy atom. The van der Waals surface area contributed by atoms with E-state index in [9.17, 15) is 4.79 Å². The van der Waals surface area contributed by atoms with Gasteiger partial charge in [0.05, 0.1) is 12.1 Å². The third-order valence-electron chi connectivity index (χ3n) is 3.36. The van der Waals surface area contributed by atoms with E-state index in [1.54, 1.807) is 36.7 Å². The fraction of sp³-hybridized carbons (Fsp3) is 0.133. The highest BCUT2D eigenvalue weighted by molar-refractivity contribution is 7.08. The van der Waals surface area contributed by atoms with E-state index < -0.39 is 0 Å². The third kappa shape index (κ3) is 2.76. The highest BCUT2D eigenvalue weighted by Gasteiger charge is 2.16. The number of nitrogens with one attached hydrogen (secondary N) is 1. The lowest BCUT2D eigenvalue weighted by molar-refractivity contribution is -0.115. The number of carbonyl (C=O) groups is 1. The summed E-state index contributed by atoms with van der Waals surface area (Å²) in [6.45, 7) is 1.79. The molecule has 120 valence electrons. The van der Waals surface area contributed by atoms with Crippen molar-refractivity contribution in [1.29, 1.82) is 0 Å². The van der Waals surface area contributed by atoms with Gasteiger partial charge < -0.3 is 4.42 Å². The Morgan fingerprint density at radius 1 is 1.42 bits per heavy atom. The molecule has 4 rings (SSSR count). The number of hydrogen-bond acceptors (Lipinski definition) is 7. The lowest BCUT2D eigenvalue weighted by Crippen LogP contribution is -2.16. The van der Waals surface area contributed by atoms with Gasteiger partial charge >= 0.3 is 0 Å². The van der Waals surface area contributed by atoms with Gasteiger partial charge in [0, 0.05) is 23.3 Å². The fourth-order valence-corrected chi connectivity index (χ4v) is 2.84. The summed E-state index contributed by atoms with van der Waals surface area (Å²) in [5, 5.41) is 10.7. The summed E-state index contributed by atoms with van der Waals surface area (Å²) >= 11 is 1.56. The summed E-state index contributed by atoms with van der Waals surface area (Å²) in [4.78, 5) is 24.8. The molecule has 4 aromatic rings. The zero-order chi connectivity index (χ0) is 16.5. The topological polar surface area (TPSA) is 98.2 Å². The van der Waals surface area contributed by atoms with Crippen LogP contribution in [-0.4, -0.2) is 30.5 Å². The predicted octanol–water partition coefficient (Wildman–Crippen LogP) is 2.33. The van der Waals surface area contributed by atoms with Crippen LogP contribution in [0.25, 0.3) is 17.2 Å². The second-order valence-corrected chi connectivity index (χ2v) is 5.84. The molecule has 0 bridgehead atoms. The highest BCUT2D eigenvalue weighted by Crippen LogP contribution is 2.24. The number of aromatic nitrogens is 5. The van der Waals surface area contributed by atoms with Crippen molar-refractivity contribution < 1.29 is 9.21 Å². The number of carbonyl (C=O) groups excluding carboxylic acids is 1. The van der Waals surface area contributed by atoms with Gasteiger partial charge in [-0.3, -0.25) is 10.1 Å². The van der Waals surface area contributed by atoms with Crippen LogP contribution >= 0.6 is 11.3 Å². The average molecular weight is 340 g/mol. The van der Waals surface area contributed by atoms with Gasteiger partial charge in [0.2, 0.25) is 11.8 Å². The first-order chi connectivity index (χ1) is 11.7. The molecular formula is C15H12N6O2S. The summed E-state index contributed by atoms with van der Waals surface area (Å²) in [6.07, 6.45) is 3.41. The molecule has 0 unspecified atom stereocenters. The van der Waals surface area contributed by atoms with E-state index in [4.69, 9.17) is 4.42 Å². The van der Waals surface area contributed by atoms with Crippen molar-refractivity contribution >= 4 is 29.0 Å². The number of nitrogens with zero attached hydrogens (tertiary/aromatic N) is 5. The van der Waals surface area contributed by atoms with Crippen LogP contribution in [0.15, 0.2) is 39.7 Å². The van der Waals surface area contributed by atoms with E-state index in [0.717, 1.165) is 5.56 Å². The molecule has 1 amide bonds. The number of hydrogen-bond donors (Lipinski definition) is 1. The van der Waals surface area contributed by atoms with Crippen LogP contribution in [0.4, 0.5) is 5.95 Å². The molecule has 0 atom stereocenters. The lowest BCUT2D eigenvalue weighted by atomic mass is 10.2. The number of fused-ring (bicyclic) bond motifs is 1. The molecule has 0 spiro atoms. The third-order valence-corrected chi connectivity index (χ3v) is 4.04. The average Bonchev–Trinajstić information content (AvgIpc) is 3.27. The summed E-state index contributed by atoms with van der Waals surface area (Å²) < 4.78 is 7.12. The zero-order valence-corrected chi connectivity index (χ0v) is 13.4. The van der Waals surface area contributed by atoms with Gasteiger partial charge in [-0.2, -0.15) is 16.3 Å². The first kappa shape index (κ1) is 14.5. The van der Waals surface area contributed by atoms with Crippen molar-refractivity contribution in [2.24, 2.45) is 0 Å². The van der Waals surface area contributed by atoms with E-state index in [1.807, 2.05) is 16.8 Å². The molecule has 0 fully saturated rings. The Hall–Kier alpha value is -3.07. The normalized spacial score (nSPS) is 11.0. The highest BCUT2D eigenvalue weighted by atomic mass is 32.1. The zero-order valence-electron chi connectivity index (χ0n) is 12.6. The minimum atomic E-state index is -0.265. The quantitative estimate of drug-likeness (QED) is 0.612. The number of thiophene rings is 1. The number of aryl methyl sites for hydroxylation is 1. The molecule has 4 heterocycles. The Morgan fingerprint density at radius 3 is 3.12 bits per heavy atom. The molecule has 8 nitrogen and oxygen atoms in total. The van der Waals surface area contributed by atoms with Gasteiger partial charge in [-0.25, -0.2) is 14.5 Å². The maximum absolute atomic E-state index is 12.2. The Bertz CT molecular complexity index is 971. The number of oxazole rings is 1. The Balaban J connectivity index is 1.50. The van der Waals surface area contributed by atoms with Crippen molar-refractivity contribution in [1.82, 2.24) is 24.6 Å². The van der Waals surface area contributed by atoms with Crippen LogP contribution in [0.1, 0.15) is 11.5 Å². The van der Waals surface area contributed by atoms with Crippen LogP contribution in [-0.2, 0) is 11.2 Å². The van der Waals surface area contributed by atoms with Gasteiger partial charge in [0.15, 0.2) is 0 Å². The van der Waals surface area contributed by atoms with Crippen molar-refractivity contribution in [3.05, 3.63) is 46.7 Å². The molecule has 0 aliphatic rings. The minimum Gasteiger partial charge on any atom is -0.441 e. The smallest absolute Gasteiger partial charge is 0.253 e. The second kappa shape index (κ2) is 5.85. The molecule has 1 N–H and O–H groups in total. The molecule has 9 heteroatoms. The molecule has 0 aromatic carbocycles. The van der Waals surface area contributed by atoms with Crippen molar-refractivity contribution in [2.45, 2.75) is 13.3 Å². The van der Waals surface area contributed by atoms with Crippen molar-refractivity contribution in [3.63, 3.8) is 0 Å². The molecule has 4 aromatic heterocycles. The molecule has 0 saturated heterocycles.